The molecule has 1 aromatic heterocycles. The van der Waals surface area contributed by atoms with Gasteiger partial charge in [-0.25, -0.2) is 4.98 Å². The Hall–Kier alpha value is -3.16. The molecule has 0 atom stereocenters. The van der Waals surface area contributed by atoms with Crippen LogP contribution in [0.3, 0.4) is 0 Å². The maximum atomic E-state index is 10.8. The third-order valence-corrected chi connectivity index (χ3v) is 2.57. The van der Waals surface area contributed by atoms with E-state index in [1.807, 2.05) is 0 Å². The lowest BCUT2D eigenvalue weighted by atomic mass is 10.2. The van der Waals surface area contributed by atoms with E-state index in [0.29, 0.717) is 5.82 Å². The Kier molecular flexibility index (Phi) is 4.30. The summed E-state index contributed by atoms with van der Waals surface area (Å²) in [7, 11) is 1.31. The molecule has 21 heavy (non-hydrogen) atoms. The molecule has 0 aliphatic heterocycles. The highest BCUT2D eigenvalue weighted by atomic mass is 16.6. The number of nitrogens with zero attached hydrogens (tertiary/aromatic N) is 3. The first-order valence-corrected chi connectivity index (χ1v) is 5.87. The molecule has 0 saturated carbocycles. The monoisotopic (exact) mass is 288 g/mol. The first-order chi connectivity index (χ1) is 10.1. The van der Waals surface area contributed by atoms with E-state index in [1.54, 1.807) is 24.4 Å². The van der Waals surface area contributed by atoms with Crippen molar-refractivity contribution < 1.29 is 14.8 Å². The van der Waals surface area contributed by atoms with Gasteiger partial charge in [0, 0.05) is 17.8 Å². The van der Waals surface area contributed by atoms with Crippen molar-refractivity contribution in [2.45, 2.75) is 0 Å². The number of nitro groups is 1. The minimum absolute atomic E-state index is 0.00323. The normalized spacial score (nSPS) is 10.5. The number of anilines is 1. The lowest BCUT2D eigenvalue weighted by molar-refractivity contribution is -0.385. The van der Waals surface area contributed by atoms with Crippen molar-refractivity contribution in [3.05, 3.63) is 52.2 Å². The summed E-state index contributed by atoms with van der Waals surface area (Å²) in [6, 6.07) is 7.57. The van der Waals surface area contributed by atoms with Crippen molar-refractivity contribution in [1.82, 2.24) is 4.98 Å². The number of rotatable bonds is 5. The molecule has 1 heterocycles. The number of hydrazone groups is 1. The number of phenolic OH excluding ortho intramolecular Hbond substituents is 1. The molecule has 108 valence electrons. The SMILES string of the molecule is COc1cc([N+](=O)[O-])cc(C=NNc2ccccn2)c1O. The van der Waals surface area contributed by atoms with E-state index in [0.717, 1.165) is 6.07 Å². The van der Waals surface area contributed by atoms with Crippen LogP contribution in [-0.4, -0.2) is 28.3 Å². The zero-order valence-electron chi connectivity index (χ0n) is 11.1. The van der Waals surface area contributed by atoms with Gasteiger partial charge in [0.25, 0.3) is 5.69 Å². The van der Waals surface area contributed by atoms with Crippen LogP contribution in [-0.2, 0) is 0 Å². The van der Waals surface area contributed by atoms with E-state index >= 15 is 0 Å². The number of non-ortho nitro benzene ring substituents is 1. The molecule has 0 radical (unpaired) electrons. The standard InChI is InChI=1S/C13H12N4O4/c1-21-11-7-10(17(19)20)6-9(13(11)18)8-15-16-12-4-2-3-5-14-12/h2-8,18H,1H3,(H,14,16). The van der Waals surface area contributed by atoms with Crippen molar-refractivity contribution in [2.75, 3.05) is 12.5 Å². The second-order valence-corrected chi connectivity index (χ2v) is 3.93. The second-order valence-electron chi connectivity index (χ2n) is 3.93. The highest BCUT2D eigenvalue weighted by Gasteiger charge is 2.15. The molecule has 2 N–H and O–H groups in total. The van der Waals surface area contributed by atoms with Gasteiger partial charge in [0.15, 0.2) is 11.5 Å². The zero-order chi connectivity index (χ0) is 15.2. The third-order valence-electron chi connectivity index (χ3n) is 2.57. The van der Waals surface area contributed by atoms with Gasteiger partial charge in [0.2, 0.25) is 0 Å². The van der Waals surface area contributed by atoms with Crippen LogP contribution < -0.4 is 10.2 Å². The van der Waals surface area contributed by atoms with Crippen molar-refractivity contribution in [2.24, 2.45) is 5.10 Å². The third kappa shape index (κ3) is 3.44. The van der Waals surface area contributed by atoms with Gasteiger partial charge >= 0.3 is 0 Å². The topological polar surface area (TPSA) is 110 Å². The Morgan fingerprint density at radius 2 is 2.29 bits per heavy atom. The molecule has 0 aliphatic carbocycles. The molecule has 0 saturated heterocycles. The van der Waals surface area contributed by atoms with Crippen LogP contribution in [0.2, 0.25) is 0 Å². The fraction of sp³-hybridized carbons (Fsp3) is 0.0769. The Balaban J connectivity index is 2.26. The number of nitrogens with one attached hydrogen (secondary N) is 1. The van der Waals surface area contributed by atoms with Gasteiger partial charge in [0.1, 0.15) is 5.82 Å². The van der Waals surface area contributed by atoms with Crippen LogP contribution in [0, 0.1) is 10.1 Å². The van der Waals surface area contributed by atoms with Crippen LogP contribution in [0.1, 0.15) is 5.56 Å². The Morgan fingerprint density at radius 3 is 2.90 bits per heavy atom. The van der Waals surface area contributed by atoms with Crippen LogP contribution in [0.15, 0.2) is 41.6 Å². The summed E-state index contributed by atoms with van der Waals surface area (Å²) in [6.45, 7) is 0. The van der Waals surface area contributed by atoms with E-state index in [2.05, 4.69) is 15.5 Å². The van der Waals surface area contributed by atoms with E-state index < -0.39 is 4.92 Å². The fourth-order valence-corrected chi connectivity index (χ4v) is 1.57. The lowest BCUT2D eigenvalue weighted by Gasteiger charge is -2.06. The lowest BCUT2D eigenvalue weighted by Crippen LogP contribution is -1.96. The number of methoxy groups -OCH3 is 1. The highest BCUT2D eigenvalue weighted by Crippen LogP contribution is 2.33. The largest absolute Gasteiger partial charge is 0.504 e. The van der Waals surface area contributed by atoms with Crippen molar-refractivity contribution >= 4 is 17.7 Å². The summed E-state index contributed by atoms with van der Waals surface area (Å²) in [6.07, 6.45) is 2.84. The summed E-state index contributed by atoms with van der Waals surface area (Å²) < 4.78 is 4.89. The number of aromatic hydroxyl groups is 1. The number of ether oxygens (including phenoxy) is 1. The molecular formula is C13H12N4O4. The number of phenols is 1. The van der Waals surface area contributed by atoms with Crippen molar-refractivity contribution in [1.29, 1.82) is 0 Å². The molecule has 1 aromatic carbocycles. The van der Waals surface area contributed by atoms with Gasteiger partial charge in [-0.3, -0.25) is 15.5 Å². The van der Waals surface area contributed by atoms with Crippen LogP contribution in [0.4, 0.5) is 11.5 Å². The van der Waals surface area contributed by atoms with Crippen LogP contribution in [0.25, 0.3) is 0 Å². The Morgan fingerprint density at radius 1 is 1.48 bits per heavy atom. The summed E-state index contributed by atoms with van der Waals surface area (Å²) in [5.41, 5.74) is 2.60. The number of nitro benzene ring substituents is 1. The zero-order valence-corrected chi connectivity index (χ0v) is 11.1. The van der Waals surface area contributed by atoms with Gasteiger partial charge in [-0.15, -0.1) is 0 Å². The molecule has 0 bridgehead atoms. The van der Waals surface area contributed by atoms with E-state index in [-0.39, 0.29) is 22.7 Å². The molecule has 0 unspecified atom stereocenters. The van der Waals surface area contributed by atoms with E-state index in [4.69, 9.17) is 4.74 Å². The van der Waals surface area contributed by atoms with Gasteiger partial charge in [-0.2, -0.15) is 5.10 Å². The summed E-state index contributed by atoms with van der Waals surface area (Å²) in [4.78, 5) is 14.2. The number of hydrogen-bond donors (Lipinski definition) is 2. The molecule has 0 amide bonds. The predicted molar refractivity (Wildman–Crippen MR) is 76.8 cm³/mol. The smallest absolute Gasteiger partial charge is 0.274 e. The highest BCUT2D eigenvalue weighted by molar-refractivity contribution is 5.86. The molecular weight excluding hydrogens is 276 g/mol. The van der Waals surface area contributed by atoms with Crippen LogP contribution in [0.5, 0.6) is 11.5 Å². The number of pyridine rings is 1. The summed E-state index contributed by atoms with van der Waals surface area (Å²) >= 11 is 0. The minimum atomic E-state index is -0.578. The summed E-state index contributed by atoms with van der Waals surface area (Å²) in [5, 5.41) is 24.6. The molecule has 8 heteroatoms. The van der Waals surface area contributed by atoms with E-state index in [9.17, 15) is 15.2 Å². The van der Waals surface area contributed by atoms with E-state index in [1.165, 1.54) is 19.4 Å². The van der Waals surface area contributed by atoms with Crippen molar-refractivity contribution in [3.63, 3.8) is 0 Å². The number of hydrogen-bond acceptors (Lipinski definition) is 7. The molecule has 8 nitrogen and oxygen atoms in total. The summed E-state index contributed by atoms with van der Waals surface area (Å²) in [5.74, 6) is 0.281. The molecule has 2 aromatic rings. The van der Waals surface area contributed by atoms with Gasteiger partial charge in [0.05, 0.1) is 24.3 Å². The predicted octanol–water partition coefficient (Wildman–Crippen LogP) is 2.15. The fourth-order valence-electron chi connectivity index (χ4n) is 1.57. The minimum Gasteiger partial charge on any atom is -0.504 e. The maximum absolute atomic E-state index is 10.8. The quantitative estimate of drug-likeness (QED) is 0.495. The Bertz CT molecular complexity index is 673. The number of aromatic nitrogens is 1. The van der Waals surface area contributed by atoms with Gasteiger partial charge in [-0.1, -0.05) is 6.07 Å². The van der Waals surface area contributed by atoms with Gasteiger partial charge < -0.3 is 9.84 Å². The molecule has 0 fully saturated rings. The first-order valence-electron chi connectivity index (χ1n) is 5.87. The second kappa shape index (κ2) is 6.33. The first kappa shape index (κ1) is 14.3. The Labute approximate surface area is 119 Å². The maximum Gasteiger partial charge on any atom is 0.274 e. The number of benzene rings is 1. The molecule has 0 aliphatic rings. The average Bonchev–Trinajstić information content (AvgIpc) is 2.49. The van der Waals surface area contributed by atoms with Crippen LogP contribution >= 0.6 is 0 Å². The average molecular weight is 288 g/mol. The van der Waals surface area contributed by atoms with Crippen molar-refractivity contribution in [3.8, 4) is 11.5 Å². The molecule has 0 spiro atoms. The van der Waals surface area contributed by atoms with Gasteiger partial charge in [-0.05, 0) is 12.1 Å². The molecule has 2 rings (SSSR count).